The lowest BCUT2D eigenvalue weighted by Crippen LogP contribution is -2.19. The molecule has 8 heteroatoms. The van der Waals surface area contributed by atoms with Crippen LogP contribution in [0.3, 0.4) is 0 Å². The molecule has 3 rings (SSSR count). The molecular weight excluding hydrogens is 390 g/mol. The smallest absolute Gasteiger partial charge is 0.307 e. The summed E-state index contributed by atoms with van der Waals surface area (Å²) in [5, 5.41) is 8.90. The van der Waals surface area contributed by atoms with Crippen molar-refractivity contribution >= 4 is 33.4 Å². The summed E-state index contributed by atoms with van der Waals surface area (Å²) in [7, 11) is 1.59. The molecule has 2 aromatic carbocycles. The van der Waals surface area contributed by atoms with Gasteiger partial charge in [0.25, 0.3) is 5.91 Å². The Morgan fingerprint density at radius 2 is 1.97 bits per heavy atom. The Labute approximate surface area is 171 Å². The maximum absolute atomic E-state index is 12.6. The quantitative estimate of drug-likeness (QED) is 0.583. The van der Waals surface area contributed by atoms with Crippen molar-refractivity contribution in [2.24, 2.45) is 4.99 Å². The number of methoxy groups -OCH3 is 1. The number of carbonyl (C=O) groups excluding carboxylic acids is 2. The highest BCUT2D eigenvalue weighted by Crippen LogP contribution is 2.23. The minimum atomic E-state index is -0.419. The molecule has 0 N–H and O–H groups in total. The number of esters is 1. The van der Waals surface area contributed by atoms with Crippen molar-refractivity contribution < 1.29 is 19.1 Å². The number of aromatic nitrogens is 1. The van der Waals surface area contributed by atoms with Crippen LogP contribution in [0.1, 0.15) is 29.3 Å². The van der Waals surface area contributed by atoms with Gasteiger partial charge in [-0.15, -0.1) is 0 Å². The van der Waals surface area contributed by atoms with Crippen LogP contribution in [-0.4, -0.2) is 30.2 Å². The third kappa shape index (κ3) is 4.70. The molecule has 7 nitrogen and oxygen atoms in total. The number of ether oxygens (including phenoxy) is 2. The molecular formula is C21H19N3O4S. The van der Waals surface area contributed by atoms with Crippen molar-refractivity contribution in [2.75, 3.05) is 13.7 Å². The molecule has 0 aliphatic rings. The number of hydrogen-bond acceptors (Lipinski definition) is 6. The highest BCUT2D eigenvalue weighted by Gasteiger charge is 2.12. The average molecular weight is 409 g/mol. The van der Waals surface area contributed by atoms with Crippen LogP contribution < -0.4 is 9.54 Å². The molecule has 3 aromatic rings. The molecule has 148 valence electrons. The molecule has 0 atom stereocenters. The molecule has 29 heavy (non-hydrogen) atoms. The van der Waals surface area contributed by atoms with Gasteiger partial charge >= 0.3 is 5.97 Å². The summed E-state index contributed by atoms with van der Waals surface area (Å²) in [6.07, 6.45) is 0.171. The Kier molecular flexibility index (Phi) is 6.42. The van der Waals surface area contributed by atoms with Crippen LogP contribution in [0.4, 0.5) is 0 Å². The summed E-state index contributed by atoms with van der Waals surface area (Å²) < 4.78 is 13.0. The van der Waals surface area contributed by atoms with Gasteiger partial charge in [0.05, 0.1) is 42.0 Å². The van der Waals surface area contributed by atoms with E-state index in [1.165, 1.54) is 11.3 Å². The maximum Gasteiger partial charge on any atom is 0.307 e. The van der Waals surface area contributed by atoms with Crippen molar-refractivity contribution in [2.45, 2.75) is 19.9 Å². The van der Waals surface area contributed by atoms with Gasteiger partial charge in [-0.1, -0.05) is 11.3 Å². The zero-order valence-electron chi connectivity index (χ0n) is 16.0. The normalized spacial score (nSPS) is 11.3. The van der Waals surface area contributed by atoms with Gasteiger partial charge in [0, 0.05) is 12.1 Å². The van der Waals surface area contributed by atoms with Crippen LogP contribution in [0.25, 0.3) is 10.2 Å². The number of thiazole rings is 1. The molecule has 1 amide bonds. The highest BCUT2D eigenvalue weighted by atomic mass is 32.1. The third-order valence-electron chi connectivity index (χ3n) is 4.19. The van der Waals surface area contributed by atoms with Gasteiger partial charge in [0.15, 0.2) is 4.80 Å². The second kappa shape index (κ2) is 9.17. The van der Waals surface area contributed by atoms with Gasteiger partial charge in [-0.3, -0.25) is 9.59 Å². The number of fused-ring (bicyclic) bond motifs is 1. The van der Waals surface area contributed by atoms with E-state index in [2.05, 4.69) is 4.99 Å². The lowest BCUT2D eigenvalue weighted by Gasteiger charge is -2.06. The van der Waals surface area contributed by atoms with E-state index in [4.69, 9.17) is 14.7 Å². The Bertz CT molecular complexity index is 1150. The molecule has 0 aliphatic heterocycles. The predicted molar refractivity (Wildman–Crippen MR) is 109 cm³/mol. The summed E-state index contributed by atoms with van der Waals surface area (Å²) in [5.41, 5.74) is 1.71. The Balaban J connectivity index is 2.02. The van der Waals surface area contributed by atoms with Crippen LogP contribution in [0.15, 0.2) is 47.5 Å². The van der Waals surface area contributed by atoms with Crippen molar-refractivity contribution in [1.29, 1.82) is 5.26 Å². The van der Waals surface area contributed by atoms with E-state index in [0.29, 0.717) is 34.8 Å². The van der Waals surface area contributed by atoms with Crippen LogP contribution in [0, 0.1) is 11.3 Å². The summed E-state index contributed by atoms with van der Waals surface area (Å²) >= 11 is 1.34. The molecule has 0 radical (unpaired) electrons. The first-order valence-electron chi connectivity index (χ1n) is 8.98. The fourth-order valence-electron chi connectivity index (χ4n) is 2.76. The van der Waals surface area contributed by atoms with Crippen molar-refractivity contribution in [1.82, 2.24) is 4.57 Å². The SMILES string of the molecule is CCOC(=O)CCn1c(=NC(=O)c2ccc(C#N)cc2)sc2cc(OC)ccc21. The molecule has 0 spiro atoms. The van der Waals surface area contributed by atoms with E-state index in [-0.39, 0.29) is 12.4 Å². The van der Waals surface area contributed by atoms with Crippen molar-refractivity contribution in [3.8, 4) is 11.8 Å². The monoisotopic (exact) mass is 409 g/mol. The minimum absolute atomic E-state index is 0.171. The zero-order chi connectivity index (χ0) is 20.8. The van der Waals surface area contributed by atoms with E-state index < -0.39 is 5.91 Å². The van der Waals surface area contributed by atoms with Crippen LogP contribution in [0.2, 0.25) is 0 Å². The largest absolute Gasteiger partial charge is 0.497 e. The Hall–Kier alpha value is -3.44. The van der Waals surface area contributed by atoms with Crippen LogP contribution in [0.5, 0.6) is 5.75 Å². The van der Waals surface area contributed by atoms with Gasteiger partial charge < -0.3 is 14.0 Å². The summed E-state index contributed by atoms with van der Waals surface area (Å²) in [6, 6.07) is 13.9. The number of carbonyl (C=O) groups is 2. The average Bonchev–Trinajstić information content (AvgIpc) is 3.08. The minimum Gasteiger partial charge on any atom is -0.497 e. The Morgan fingerprint density at radius 3 is 2.62 bits per heavy atom. The van der Waals surface area contributed by atoms with E-state index in [0.717, 1.165) is 10.2 Å². The van der Waals surface area contributed by atoms with Crippen molar-refractivity contribution in [3.05, 3.63) is 58.4 Å². The van der Waals surface area contributed by atoms with Gasteiger partial charge in [-0.2, -0.15) is 10.3 Å². The van der Waals surface area contributed by atoms with Gasteiger partial charge in [-0.25, -0.2) is 0 Å². The number of nitriles is 1. The third-order valence-corrected chi connectivity index (χ3v) is 5.23. The predicted octanol–water partition coefficient (Wildman–Crippen LogP) is 3.28. The number of benzene rings is 2. The number of rotatable bonds is 6. The van der Waals surface area contributed by atoms with E-state index >= 15 is 0 Å². The molecule has 1 aromatic heterocycles. The molecule has 0 saturated carbocycles. The number of aryl methyl sites for hydroxylation is 1. The standard InChI is InChI=1S/C21H19N3O4S/c1-3-28-19(25)10-11-24-17-9-8-16(27-2)12-18(17)29-21(24)23-20(26)15-6-4-14(13-22)5-7-15/h4-9,12H,3,10-11H2,1-2H3. The Morgan fingerprint density at radius 1 is 1.21 bits per heavy atom. The summed E-state index contributed by atoms with van der Waals surface area (Å²) in [6.45, 7) is 2.42. The molecule has 0 saturated heterocycles. The fraction of sp³-hybridized carbons (Fsp3) is 0.238. The first-order chi connectivity index (χ1) is 14.0. The van der Waals surface area contributed by atoms with Gasteiger partial charge in [0.1, 0.15) is 5.75 Å². The maximum atomic E-state index is 12.6. The molecule has 0 fully saturated rings. The first kappa shape index (κ1) is 20.3. The zero-order valence-corrected chi connectivity index (χ0v) is 16.9. The number of nitrogens with zero attached hydrogens (tertiary/aromatic N) is 3. The second-order valence-electron chi connectivity index (χ2n) is 6.03. The molecule has 0 bridgehead atoms. The molecule has 0 unspecified atom stereocenters. The van der Waals surface area contributed by atoms with E-state index in [1.54, 1.807) is 38.3 Å². The topological polar surface area (TPSA) is 93.7 Å². The lowest BCUT2D eigenvalue weighted by atomic mass is 10.1. The van der Waals surface area contributed by atoms with E-state index in [9.17, 15) is 9.59 Å². The van der Waals surface area contributed by atoms with E-state index in [1.807, 2.05) is 28.8 Å². The summed E-state index contributed by atoms with van der Waals surface area (Å²) in [5.74, 6) is -0.0311. The second-order valence-corrected chi connectivity index (χ2v) is 7.04. The number of hydrogen-bond donors (Lipinski definition) is 0. The van der Waals surface area contributed by atoms with Crippen LogP contribution in [-0.2, 0) is 16.1 Å². The van der Waals surface area contributed by atoms with Gasteiger partial charge in [-0.05, 0) is 49.4 Å². The lowest BCUT2D eigenvalue weighted by molar-refractivity contribution is -0.143. The van der Waals surface area contributed by atoms with Crippen molar-refractivity contribution in [3.63, 3.8) is 0 Å². The fourth-order valence-corrected chi connectivity index (χ4v) is 3.84. The highest BCUT2D eigenvalue weighted by molar-refractivity contribution is 7.16. The molecule has 1 heterocycles. The van der Waals surface area contributed by atoms with Gasteiger partial charge in [0.2, 0.25) is 0 Å². The molecule has 0 aliphatic carbocycles. The number of amides is 1. The van der Waals surface area contributed by atoms with Crippen LogP contribution >= 0.6 is 11.3 Å². The summed E-state index contributed by atoms with van der Waals surface area (Å²) in [4.78, 5) is 29.2. The first-order valence-corrected chi connectivity index (χ1v) is 9.79.